The maximum absolute atomic E-state index is 13.8. The summed E-state index contributed by atoms with van der Waals surface area (Å²) in [5.74, 6) is 0. The van der Waals surface area contributed by atoms with E-state index in [1.165, 1.54) is 0 Å². The predicted octanol–water partition coefficient (Wildman–Crippen LogP) is 1.40. The summed E-state index contributed by atoms with van der Waals surface area (Å²) in [6.07, 6.45) is -8.41. The van der Waals surface area contributed by atoms with Crippen LogP contribution in [0.1, 0.15) is 6.42 Å². The van der Waals surface area contributed by atoms with E-state index < -0.39 is 49.6 Å². The smallest absolute Gasteiger partial charge is 0.234 e. The zero-order valence-electron chi connectivity index (χ0n) is 9.15. The summed E-state index contributed by atoms with van der Waals surface area (Å²) >= 11 is 0. The molecule has 0 aromatic carbocycles. The molecule has 8 heteroatoms. The highest BCUT2D eigenvalue weighted by Gasteiger charge is 2.55. The Balaban J connectivity index is 3.06. The van der Waals surface area contributed by atoms with Crippen molar-refractivity contribution in [1.29, 1.82) is 0 Å². The third kappa shape index (κ3) is 2.66. The number of halogens is 4. The van der Waals surface area contributed by atoms with E-state index in [-0.39, 0.29) is 0 Å². The quantitative estimate of drug-likeness (QED) is 0.438. The van der Waals surface area contributed by atoms with E-state index in [1.54, 1.807) is 0 Å². The monoisotopic (exact) mass is 266 g/mol. The fraction of sp³-hybridized carbons (Fsp3) is 0.800. The number of aliphatic imine (C=N–C) groups is 2. The lowest BCUT2D eigenvalue weighted by Crippen LogP contribution is -2.55. The van der Waals surface area contributed by atoms with Gasteiger partial charge >= 0.3 is 0 Å². The van der Waals surface area contributed by atoms with Gasteiger partial charge < -0.3 is 0 Å². The lowest BCUT2D eigenvalue weighted by atomic mass is 9.70. The molecule has 0 bridgehead atoms. The van der Waals surface area contributed by atoms with Crippen molar-refractivity contribution in [2.45, 2.75) is 31.1 Å². The largest absolute Gasteiger partial charge is 0.244 e. The van der Waals surface area contributed by atoms with E-state index in [2.05, 4.69) is 9.98 Å². The van der Waals surface area contributed by atoms with Crippen molar-refractivity contribution in [1.82, 2.24) is 0 Å². The van der Waals surface area contributed by atoms with Crippen molar-refractivity contribution in [3.05, 3.63) is 0 Å². The van der Waals surface area contributed by atoms with Crippen LogP contribution in [0.5, 0.6) is 0 Å². The van der Waals surface area contributed by atoms with Gasteiger partial charge in [-0.2, -0.15) is 0 Å². The van der Waals surface area contributed by atoms with E-state index in [4.69, 9.17) is 0 Å². The lowest BCUT2D eigenvalue weighted by Gasteiger charge is -2.41. The molecule has 0 radical (unpaired) electrons. The van der Waals surface area contributed by atoms with Gasteiger partial charge in [-0.15, -0.1) is 0 Å². The molecule has 4 nitrogen and oxygen atoms in total. The highest BCUT2D eigenvalue weighted by molar-refractivity contribution is 5.34. The summed E-state index contributed by atoms with van der Waals surface area (Å²) in [5, 5.41) is 0. The van der Waals surface area contributed by atoms with Crippen LogP contribution >= 0.6 is 0 Å². The Morgan fingerprint density at radius 2 is 1.50 bits per heavy atom. The molecule has 1 saturated carbocycles. The van der Waals surface area contributed by atoms with Gasteiger partial charge in [-0.1, -0.05) is 0 Å². The molecule has 0 saturated heterocycles. The minimum atomic E-state index is -2.68. The second-order valence-corrected chi connectivity index (χ2v) is 4.19. The molecule has 100 valence electrons. The Morgan fingerprint density at radius 1 is 1.00 bits per heavy atom. The van der Waals surface area contributed by atoms with E-state index in [0.29, 0.717) is 0 Å². The van der Waals surface area contributed by atoms with Gasteiger partial charge in [-0.05, 0) is 6.42 Å². The maximum atomic E-state index is 13.8. The molecule has 0 aliphatic heterocycles. The summed E-state index contributed by atoms with van der Waals surface area (Å²) < 4.78 is 53.4. The molecule has 1 aliphatic carbocycles. The van der Waals surface area contributed by atoms with Gasteiger partial charge in [-0.25, -0.2) is 37.1 Å². The van der Waals surface area contributed by atoms with Gasteiger partial charge in [0.1, 0.15) is 12.3 Å². The number of rotatable bonds is 4. The molecular formula is C10H10F4N2O2. The van der Waals surface area contributed by atoms with E-state index >= 15 is 0 Å². The summed E-state index contributed by atoms with van der Waals surface area (Å²) in [7, 11) is 0. The van der Waals surface area contributed by atoms with Crippen LogP contribution in [0.15, 0.2) is 9.98 Å². The van der Waals surface area contributed by atoms with Gasteiger partial charge in [0.15, 0.2) is 12.3 Å². The van der Waals surface area contributed by atoms with Crippen molar-refractivity contribution in [2.24, 2.45) is 15.4 Å². The van der Waals surface area contributed by atoms with Crippen LogP contribution in [0.4, 0.5) is 17.6 Å². The number of isocyanates is 2. The highest BCUT2D eigenvalue weighted by atomic mass is 19.2. The number of carbonyl (C=O) groups excluding carboxylic acids is 2. The first-order valence-electron chi connectivity index (χ1n) is 5.12. The predicted molar refractivity (Wildman–Crippen MR) is 52.6 cm³/mol. The lowest BCUT2D eigenvalue weighted by molar-refractivity contribution is -0.0811. The SMILES string of the molecule is O=C=NCC1(CN=C=O)CC(F)C(F)C(F)C1F. The Hall–Kier alpha value is -1.52. The standard InChI is InChI=1S/C10H10F4N2O2/c11-6-1-10(2-15-4-17,3-16-5-18)9(14)8(13)7(6)12/h6-9H,1-3H2. The fourth-order valence-corrected chi connectivity index (χ4v) is 2.05. The van der Waals surface area contributed by atoms with Crippen LogP contribution < -0.4 is 0 Å². The van der Waals surface area contributed by atoms with Crippen LogP contribution in [-0.4, -0.2) is 49.9 Å². The average molecular weight is 266 g/mol. The molecule has 1 rings (SSSR count). The fourth-order valence-electron chi connectivity index (χ4n) is 2.05. The van der Waals surface area contributed by atoms with E-state index in [9.17, 15) is 27.2 Å². The number of hydrogen-bond acceptors (Lipinski definition) is 4. The van der Waals surface area contributed by atoms with Crippen LogP contribution in [0.2, 0.25) is 0 Å². The zero-order chi connectivity index (χ0) is 13.8. The number of nitrogens with zero attached hydrogens (tertiary/aromatic N) is 2. The molecule has 0 aromatic heterocycles. The topological polar surface area (TPSA) is 58.9 Å². The maximum Gasteiger partial charge on any atom is 0.234 e. The van der Waals surface area contributed by atoms with Crippen molar-refractivity contribution >= 4 is 12.2 Å². The molecule has 0 amide bonds. The summed E-state index contributed by atoms with van der Waals surface area (Å²) in [5.41, 5.74) is -1.85. The van der Waals surface area contributed by atoms with Gasteiger partial charge in [0, 0.05) is 5.41 Å². The molecule has 0 spiro atoms. The van der Waals surface area contributed by atoms with E-state index in [1.807, 2.05) is 0 Å². The third-order valence-electron chi connectivity index (χ3n) is 3.03. The molecule has 1 aliphatic rings. The molecule has 4 unspecified atom stereocenters. The Kier molecular flexibility index (Phi) is 4.76. The Labute approximate surface area is 99.8 Å². The zero-order valence-corrected chi connectivity index (χ0v) is 9.15. The van der Waals surface area contributed by atoms with Crippen LogP contribution in [0.3, 0.4) is 0 Å². The van der Waals surface area contributed by atoms with Crippen molar-refractivity contribution in [3.63, 3.8) is 0 Å². The summed E-state index contributed by atoms with van der Waals surface area (Å²) in [4.78, 5) is 26.2. The van der Waals surface area contributed by atoms with Gasteiger partial charge in [-0.3, -0.25) is 0 Å². The summed E-state index contributed by atoms with van der Waals surface area (Å²) in [6.45, 7) is -1.23. The van der Waals surface area contributed by atoms with Gasteiger partial charge in [0.05, 0.1) is 13.1 Å². The minimum Gasteiger partial charge on any atom is -0.244 e. The number of alkyl halides is 4. The van der Waals surface area contributed by atoms with Crippen molar-refractivity contribution in [3.8, 4) is 0 Å². The molecular weight excluding hydrogens is 256 g/mol. The first-order valence-corrected chi connectivity index (χ1v) is 5.12. The van der Waals surface area contributed by atoms with Gasteiger partial charge in [0.25, 0.3) is 0 Å². The molecule has 0 heterocycles. The molecule has 18 heavy (non-hydrogen) atoms. The highest BCUT2D eigenvalue weighted by Crippen LogP contribution is 2.43. The first kappa shape index (κ1) is 14.5. The Morgan fingerprint density at radius 3 is 1.94 bits per heavy atom. The van der Waals surface area contributed by atoms with Crippen molar-refractivity contribution in [2.75, 3.05) is 13.1 Å². The normalized spacial score (nSPS) is 39.6. The van der Waals surface area contributed by atoms with Crippen LogP contribution in [0.25, 0.3) is 0 Å². The molecule has 0 aromatic rings. The summed E-state index contributed by atoms with van der Waals surface area (Å²) in [6, 6.07) is 0. The third-order valence-corrected chi connectivity index (χ3v) is 3.03. The molecule has 0 N–H and O–H groups in total. The number of hydrogen-bond donors (Lipinski definition) is 0. The second-order valence-electron chi connectivity index (χ2n) is 4.19. The van der Waals surface area contributed by atoms with Gasteiger partial charge in [0.2, 0.25) is 12.2 Å². The Bertz CT molecular complexity index is 373. The van der Waals surface area contributed by atoms with Crippen LogP contribution in [0, 0.1) is 5.41 Å². The van der Waals surface area contributed by atoms with Crippen molar-refractivity contribution < 1.29 is 27.2 Å². The van der Waals surface area contributed by atoms with Crippen LogP contribution in [-0.2, 0) is 9.59 Å². The molecule has 1 fully saturated rings. The minimum absolute atomic E-state index is 0.615. The average Bonchev–Trinajstić information content (AvgIpc) is 2.37. The molecule has 4 atom stereocenters. The second kappa shape index (κ2) is 5.89. The van der Waals surface area contributed by atoms with E-state index in [0.717, 1.165) is 12.2 Å². The first-order chi connectivity index (χ1) is 8.48.